The molecule has 1 atom stereocenters. The topological polar surface area (TPSA) is 112 Å². The SMILES string of the molecule is CNC(=O)C1CNCCN1CC(=O)NC(=O)NCCOC. The lowest BCUT2D eigenvalue weighted by atomic mass is 10.1. The van der Waals surface area contributed by atoms with Crippen LogP contribution in [-0.4, -0.2) is 82.3 Å². The van der Waals surface area contributed by atoms with Crippen molar-refractivity contribution in [3.63, 3.8) is 0 Å². The predicted molar refractivity (Wildman–Crippen MR) is 75.7 cm³/mol. The lowest BCUT2D eigenvalue weighted by Gasteiger charge is -2.34. The minimum absolute atomic E-state index is 0.00252. The molecule has 0 aromatic rings. The normalized spacial score (nSPS) is 18.9. The van der Waals surface area contributed by atoms with Crippen LogP contribution in [0.1, 0.15) is 0 Å². The van der Waals surface area contributed by atoms with Crippen LogP contribution < -0.4 is 21.3 Å². The van der Waals surface area contributed by atoms with Gasteiger partial charge < -0.3 is 20.7 Å². The summed E-state index contributed by atoms with van der Waals surface area (Å²) in [5.74, 6) is -0.597. The fourth-order valence-corrected chi connectivity index (χ4v) is 2.02. The Morgan fingerprint density at radius 2 is 2.14 bits per heavy atom. The van der Waals surface area contributed by atoms with E-state index in [0.29, 0.717) is 32.8 Å². The summed E-state index contributed by atoms with van der Waals surface area (Å²) in [6.45, 7) is 2.43. The lowest BCUT2D eigenvalue weighted by Crippen LogP contribution is -2.59. The summed E-state index contributed by atoms with van der Waals surface area (Å²) in [5.41, 5.74) is 0. The highest BCUT2D eigenvalue weighted by Gasteiger charge is 2.29. The van der Waals surface area contributed by atoms with Crippen molar-refractivity contribution in [1.82, 2.24) is 26.2 Å². The molecule has 0 bridgehead atoms. The van der Waals surface area contributed by atoms with E-state index in [4.69, 9.17) is 4.74 Å². The number of methoxy groups -OCH3 is 1. The number of amides is 4. The molecule has 9 nitrogen and oxygen atoms in total. The van der Waals surface area contributed by atoms with E-state index in [1.54, 1.807) is 11.9 Å². The van der Waals surface area contributed by atoms with Crippen LogP contribution in [0.15, 0.2) is 0 Å². The van der Waals surface area contributed by atoms with Crippen molar-refractivity contribution >= 4 is 17.8 Å². The number of ether oxygens (including phenoxy) is 1. The van der Waals surface area contributed by atoms with Gasteiger partial charge >= 0.3 is 6.03 Å². The van der Waals surface area contributed by atoms with Gasteiger partial charge in [-0.1, -0.05) is 0 Å². The van der Waals surface area contributed by atoms with Gasteiger partial charge in [0.15, 0.2) is 0 Å². The molecule has 1 unspecified atom stereocenters. The van der Waals surface area contributed by atoms with Gasteiger partial charge in [-0.3, -0.25) is 19.8 Å². The average molecular weight is 301 g/mol. The summed E-state index contributed by atoms with van der Waals surface area (Å²) in [7, 11) is 3.08. The number of hydrogen-bond acceptors (Lipinski definition) is 6. The van der Waals surface area contributed by atoms with E-state index in [0.717, 1.165) is 0 Å². The largest absolute Gasteiger partial charge is 0.383 e. The van der Waals surface area contributed by atoms with E-state index < -0.39 is 18.0 Å². The maximum Gasteiger partial charge on any atom is 0.321 e. The van der Waals surface area contributed by atoms with Gasteiger partial charge in [0.05, 0.1) is 13.2 Å². The Labute approximate surface area is 123 Å². The summed E-state index contributed by atoms with van der Waals surface area (Å²) in [4.78, 5) is 36.7. The van der Waals surface area contributed by atoms with Gasteiger partial charge in [-0.05, 0) is 0 Å². The summed E-state index contributed by atoms with van der Waals surface area (Å²) >= 11 is 0. The highest BCUT2D eigenvalue weighted by molar-refractivity contribution is 5.95. The van der Waals surface area contributed by atoms with Crippen LogP contribution in [0.25, 0.3) is 0 Å². The van der Waals surface area contributed by atoms with Crippen LogP contribution in [0.3, 0.4) is 0 Å². The first kappa shape index (κ1) is 17.3. The Bertz CT molecular complexity index is 377. The first-order valence-corrected chi connectivity index (χ1v) is 6.81. The minimum Gasteiger partial charge on any atom is -0.383 e. The first-order chi connectivity index (χ1) is 10.1. The van der Waals surface area contributed by atoms with Gasteiger partial charge in [-0.15, -0.1) is 0 Å². The van der Waals surface area contributed by atoms with E-state index in [1.807, 2.05) is 0 Å². The predicted octanol–water partition coefficient (Wildman–Crippen LogP) is -2.52. The van der Waals surface area contributed by atoms with Gasteiger partial charge in [0.1, 0.15) is 6.04 Å². The Morgan fingerprint density at radius 1 is 1.38 bits per heavy atom. The molecule has 120 valence electrons. The Morgan fingerprint density at radius 3 is 2.81 bits per heavy atom. The van der Waals surface area contributed by atoms with E-state index in [1.165, 1.54) is 7.11 Å². The van der Waals surface area contributed by atoms with Gasteiger partial charge in [0, 0.05) is 40.3 Å². The molecule has 0 spiro atoms. The summed E-state index contributed by atoms with van der Waals surface area (Å²) in [6, 6.07) is -0.977. The molecule has 1 aliphatic heterocycles. The van der Waals surface area contributed by atoms with Gasteiger partial charge in [0.2, 0.25) is 11.8 Å². The van der Waals surface area contributed by atoms with E-state index in [2.05, 4.69) is 21.3 Å². The smallest absolute Gasteiger partial charge is 0.321 e. The number of piperazine rings is 1. The molecule has 1 fully saturated rings. The second-order valence-electron chi connectivity index (χ2n) is 4.60. The molecular formula is C12H23N5O4. The van der Waals surface area contributed by atoms with Crippen LogP contribution in [0.4, 0.5) is 4.79 Å². The highest BCUT2D eigenvalue weighted by Crippen LogP contribution is 2.02. The molecule has 0 aliphatic carbocycles. The Balaban J connectivity index is 2.40. The Kier molecular flexibility index (Phi) is 7.65. The maximum absolute atomic E-state index is 11.8. The molecule has 0 aromatic carbocycles. The second-order valence-corrected chi connectivity index (χ2v) is 4.60. The van der Waals surface area contributed by atoms with Crippen molar-refractivity contribution < 1.29 is 19.1 Å². The van der Waals surface area contributed by atoms with Gasteiger partial charge in [-0.2, -0.15) is 0 Å². The van der Waals surface area contributed by atoms with Crippen molar-refractivity contribution in [2.45, 2.75) is 6.04 Å². The molecule has 9 heteroatoms. The van der Waals surface area contributed by atoms with Crippen LogP contribution in [0.2, 0.25) is 0 Å². The minimum atomic E-state index is -0.566. The zero-order chi connectivity index (χ0) is 15.7. The Hall–Kier alpha value is -1.71. The average Bonchev–Trinajstić information content (AvgIpc) is 2.47. The molecular weight excluding hydrogens is 278 g/mol. The number of likely N-dealkylation sites (N-methyl/N-ethyl adjacent to an activating group) is 1. The number of imide groups is 1. The molecule has 0 saturated carbocycles. The van der Waals surface area contributed by atoms with Crippen LogP contribution in [0.5, 0.6) is 0 Å². The molecule has 1 rings (SSSR count). The fourth-order valence-electron chi connectivity index (χ4n) is 2.02. The van der Waals surface area contributed by atoms with Crippen LogP contribution >= 0.6 is 0 Å². The fraction of sp³-hybridized carbons (Fsp3) is 0.750. The number of nitrogens with one attached hydrogen (secondary N) is 4. The van der Waals surface area contributed by atoms with Crippen molar-refractivity contribution in [2.75, 3.05) is 53.5 Å². The molecule has 1 heterocycles. The van der Waals surface area contributed by atoms with Gasteiger partial charge in [0.25, 0.3) is 0 Å². The molecule has 1 aliphatic rings. The first-order valence-electron chi connectivity index (χ1n) is 6.81. The molecule has 4 N–H and O–H groups in total. The molecule has 1 saturated heterocycles. The zero-order valence-corrected chi connectivity index (χ0v) is 12.4. The van der Waals surface area contributed by atoms with Crippen molar-refractivity contribution in [1.29, 1.82) is 0 Å². The third-order valence-electron chi connectivity index (χ3n) is 3.09. The summed E-state index contributed by atoms with van der Waals surface area (Å²) < 4.78 is 4.78. The number of hydrogen-bond donors (Lipinski definition) is 4. The molecule has 0 radical (unpaired) electrons. The van der Waals surface area contributed by atoms with Crippen molar-refractivity contribution in [2.24, 2.45) is 0 Å². The summed E-state index contributed by atoms with van der Waals surface area (Å²) in [5, 5.41) is 10.4. The maximum atomic E-state index is 11.8. The standard InChI is InChI=1S/C12H23N5O4/c1-13-11(19)9-7-14-3-5-17(9)8-10(18)16-12(20)15-4-6-21-2/h9,14H,3-8H2,1-2H3,(H,13,19)(H2,15,16,18,20). The number of urea groups is 1. The number of rotatable bonds is 6. The van der Waals surface area contributed by atoms with E-state index in [-0.39, 0.29) is 12.5 Å². The second kappa shape index (κ2) is 9.27. The van der Waals surface area contributed by atoms with Gasteiger partial charge in [-0.25, -0.2) is 4.79 Å². The molecule has 21 heavy (non-hydrogen) atoms. The summed E-state index contributed by atoms with van der Waals surface area (Å²) in [6.07, 6.45) is 0. The van der Waals surface area contributed by atoms with Crippen molar-refractivity contribution in [3.05, 3.63) is 0 Å². The third kappa shape index (κ3) is 6.06. The van der Waals surface area contributed by atoms with Crippen LogP contribution in [-0.2, 0) is 14.3 Å². The number of carbonyl (C=O) groups excluding carboxylic acids is 3. The third-order valence-corrected chi connectivity index (χ3v) is 3.09. The van der Waals surface area contributed by atoms with E-state index in [9.17, 15) is 14.4 Å². The molecule has 0 aromatic heterocycles. The van der Waals surface area contributed by atoms with Crippen molar-refractivity contribution in [3.8, 4) is 0 Å². The number of nitrogens with zero attached hydrogens (tertiary/aromatic N) is 1. The van der Waals surface area contributed by atoms with E-state index >= 15 is 0 Å². The quantitative estimate of drug-likeness (QED) is 0.403. The number of carbonyl (C=O) groups is 3. The highest BCUT2D eigenvalue weighted by atomic mass is 16.5. The molecule has 4 amide bonds. The van der Waals surface area contributed by atoms with Crippen LogP contribution in [0, 0.1) is 0 Å². The monoisotopic (exact) mass is 301 g/mol. The zero-order valence-electron chi connectivity index (χ0n) is 12.4. The lowest BCUT2D eigenvalue weighted by molar-refractivity contribution is -0.128.